The van der Waals surface area contributed by atoms with Crippen molar-refractivity contribution in [1.82, 2.24) is 9.66 Å². The highest BCUT2D eigenvalue weighted by Crippen LogP contribution is 2.22. The highest BCUT2D eigenvalue weighted by molar-refractivity contribution is 6.42. The Balaban J connectivity index is 1.92. The van der Waals surface area contributed by atoms with Crippen molar-refractivity contribution >= 4 is 40.3 Å². The average molecular weight is 394 g/mol. The Labute approximate surface area is 165 Å². The first-order chi connectivity index (χ1) is 13.1. The maximum Gasteiger partial charge on any atom is 0.282 e. The van der Waals surface area contributed by atoms with Gasteiger partial charge in [-0.3, -0.25) is 4.79 Å². The van der Waals surface area contributed by atoms with Crippen LogP contribution in [0.25, 0.3) is 22.3 Å². The van der Waals surface area contributed by atoms with Gasteiger partial charge in [-0.2, -0.15) is 9.78 Å². The smallest absolute Gasteiger partial charge is 0.267 e. The zero-order valence-corrected chi connectivity index (χ0v) is 15.5. The first-order valence-corrected chi connectivity index (χ1v) is 8.96. The van der Waals surface area contributed by atoms with E-state index in [0.717, 1.165) is 11.1 Å². The van der Waals surface area contributed by atoms with Crippen molar-refractivity contribution in [2.24, 2.45) is 5.10 Å². The van der Waals surface area contributed by atoms with Gasteiger partial charge in [-0.15, -0.1) is 0 Å². The predicted octanol–water partition coefficient (Wildman–Crippen LogP) is 5.25. The fraction of sp³-hybridized carbons (Fsp3) is 0. The standard InChI is InChI=1S/C21H13Cl2N3O/c22-17-11-10-14(12-18(17)23)13-24-26-20(15-6-2-1-3-7-15)25-19-9-5-4-8-16(19)21(26)27/h1-13H/b24-13+. The lowest BCUT2D eigenvalue weighted by Gasteiger charge is -2.09. The molecule has 0 saturated heterocycles. The maximum atomic E-state index is 13.0. The van der Waals surface area contributed by atoms with Crippen LogP contribution >= 0.6 is 23.2 Å². The molecule has 132 valence electrons. The SMILES string of the molecule is O=c1c2ccccc2nc(-c2ccccc2)n1/N=C/c1ccc(Cl)c(Cl)c1. The van der Waals surface area contributed by atoms with E-state index in [9.17, 15) is 4.79 Å². The lowest BCUT2D eigenvalue weighted by molar-refractivity contribution is 0.830. The van der Waals surface area contributed by atoms with Gasteiger partial charge < -0.3 is 0 Å². The molecule has 1 aromatic heterocycles. The van der Waals surface area contributed by atoms with Crippen molar-refractivity contribution in [3.8, 4) is 11.4 Å². The van der Waals surface area contributed by atoms with E-state index in [1.54, 1.807) is 36.5 Å². The second-order valence-electron chi connectivity index (χ2n) is 5.85. The van der Waals surface area contributed by atoms with Crippen LogP contribution < -0.4 is 5.56 Å². The number of para-hydroxylation sites is 1. The second kappa shape index (κ2) is 7.35. The van der Waals surface area contributed by atoms with Crippen LogP contribution in [-0.2, 0) is 0 Å². The van der Waals surface area contributed by atoms with E-state index in [2.05, 4.69) is 10.1 Å². The number of aromatic nitrogens is 2. The molecule has 4 rings (SSSR count). The van der Waals surface area contributed by atoms with Crippen LogP contribution in [0.2, 0.25) is 10.0 Å². The predicted molar refractivity (Wildman–Crippen MR) is 111 cm³/mol. The van der Waals surface area contributed by atoms with E-state index in [0.29, 0.717) is 26.8 Å². The molecule has 0 saturated carbocycles. The number of nitrogens with zero attached hydrogens (tertiary/aromatic N) is 3. The monoisotopic (exact) mass is 393 g/mol. The third kappa shape index (κ3) is 3.50. The van der Waals surface area contributed by atoms with Crippen LogP contribution in [-0.4, -0.2) is 15.9 Å². The molecule has 0 bridgehead atoms. The van der Waals surface area contributed by atoms with Crippen molar-refractivity contribution in [2.75, 3.05) is 0 Å². The molecule has 0 radical (unpaired) electrons. The van der Waals surface area contributed by atoms with Crippen molar-refractivity contribution < 1.29 is 0 Å². The molecule has 3 aromatic carbocycles. The van der Waals surface area contributed by atoms with Crippen LogP contribution in [0.1, 0.15) is 5.56 Å². The number of hydrogen-bond donors (Lipinski definition) is 0. The van der Waals surface area contributed by atoms with Crippen molar-refractivity contribution in [1.29, 1.82) is 0 Å². The van der Waals surface area contributed by atoms with Crippen LogP contribution in [0.15, 0.2) is 82.7 Å². The lowest BCUT2D eigenvalue weighted by Crippen LogP contribution is -2.20. The van der Waals surface area contributed by atoms with Gasteiger partial charge in [0.05, 0.1) is 27.2 Å². The summed E-state index contributed by atoms with van der Waals surface area (Å²) < 4.78 is 1.31. The van der Waals surface area contributed by atoms with E-state index in [1.807, 2.05) is 42.5 Å². The van der Waals surface area contributed by atoms with Crippen LogP contribution in [0, 0.1) is 0 Å². The molecule has 6 heteroatoms. The van der Waals surface area contributed by atoms with E-state index in [1.165, 1.54) is 4.68 Å². The van der Waals surface area contributed by atoms with Gasteiger partial charge in [0.15, 0.2) is 5.82 Å². The minimum atomic E-state index is -0.240. The molecule has 4 aromatic rings. The molecular weight excluding hydrogens is 381 g/mol. The highest BCUT2D eigenvalue weighted by Gasteiger charge is 2.11. The molecule has 0 aliphatic carbocycles. The average Bonchev–Trinajstić information content (AvgIpc) is 2.70. The Morgan fingerprint density at radius 2 is 1.63 bits per heavy atom. The molecule has 0 fully saturated rings. The minimum Gasteiger partial charge on any atom is -0.267 e. The second-order valence-corrected chi connectivity index (χ2v) is 6.67. The Hall–Kier alpha value is -2.95. The number of fused-ring (bicyclic) bond motifs is 1. The molecule has 0 atom stereocenters. The zero-order chi connectivity index (χ0) is 18.8. The summed E-state index contributed by atoms with van der Waals surface area (Å²) in [5.41, 5.74) is 1.91. The quantitative estimate of drug-likeness (QED) is 0.446. The fourth-order valence-electron chi connectivity index (χ4n) is 2.72. The minimum absolute atomic E-state index is 0.240. The number of halogens is 2. The van der Waals surface area contributed by atoms with Crippen LogP contribution in [0.4, 0.5) is 0 Å². The van der Waals surface area contributed by atoms with Gasteiger partial charge in [0.1, 0.15) is 0 Å². The van der Waals surface area contributed by atoms with E-state index in [-0.39, 0.29) is 5.56 Å². The summed E-state index contributed by atoms with van der Waals surface area (Å²) in [4.78, 5) is 17.7. The normalized spacial score (nSPS) is 11.3. The largest absolute Gasteiger partial charge is 0.282 e. The summed E-state index contributed by atoms with van der Waals surface area (Å²) in [6.45, 7) is 0. The first-order valence-electron chi connectivity index (χ1n) is 8.20. The molecule has 0 unspecified atom stereocenters. The highest BCUT2D eigenvalue weighted by atomic mass is 35.5. The third-order valence-corrected chi connectivity index (χ3v) is 4.79. The fourth-order valence-corrected chi connectivity index (χ4v) is 3.03. The van der Waals surface area contributed by atoms with E-state index in [4.69, 9.17) is 23.2 Å². The molecule has 27 heavy (non-hydrogen) atoms. The van der Waals surface area contributed by atoms with Crippen LogP contribution in [0.3, 0.4) is 0 Å². The Bertz CT molecular complexity index is 1220. The summed E-state index contributed by atoms with van der Waals surface area (Å²) in [5, 5.41) is 5.78. The summed E-state index contributed by atoms with van der Waals surface area (Å²) >= 11 is 12.0. The number of hydrogen-bond acceptors (Lipinski definition) is 3. The van der Waals surface area contributed by atoms with Gasteiger partial charge in [-0.05, 0) is 29.8 Å². The van der Waals surface area contributed by atoms with Gasteiger partial charge >= 0.3 is 0 Å². The van der Waals surface area contributed by atoms with Gasteiger partial charge in [-0.1, -0.05) is 71.7 Å². The summed E-state index contributed by atoms with van der Waals surface area (Å²) in [6.07, 6.45) is 1.56. The molecule has 1 heterocycles. The van der Waals surface area contributed by atoms with Gasteiger partial charge in [0.25, 0.3) is 5.56 Å². The zero-order valence-electron chi connectivity index (χ0n) is 14.0. The summed E-state index contributed by atoms with van der Waals surface area (Å²) in [7, 11) is 0. The Morgan fingerprint density at radius 3 is 2.41 bits per heavy atom. The topological polar surface area (TPSA) is 47.2 Å². The molecule has 0 aliphatic rings. The summed E-state index contributed by atoms with van der Waals surface area (Å²) in [6, 6.07) is 21.8. The van der Waals surface area contributed by atoms with E-state index < -0.39 is 0 Å². The molecular formula is C21H13Cl2N3O. The van der Waals surface area contributed by atoms with Gasteiger partial charge in [0.2, 0.25) is 0 Å². The van der Waals surface area contributed by atoms with Crippen molar-refractivity contribution in [3.05, 3.63) is 98.8 Å². The molecule has 0 spiro atoms. The lowest BCUT2D eigenvalue weighted by atomic mass is 10.2. The molecule has 0 amide bonds. The first kappa shape index (κ1) is 17.5. The van der Waals surface area contributed by atoms with Crippen LogP contribution in [0.5, 0.6) is 0 Å². The van der Waals surface area contributed by atoms with Gasteiger partial charge in [-0.25, -0.2) is 4.98 Å². The molecule has 0 N–H and O–H groups in total. The van der Waals surface area contributed by atoms with Crippen molar-refractivity contribution in [2.45, 2.75) is 0 Å². The van der Waals surface area contributed by atoms with E-state index >= 15 is 0 Å². The van der Waals surface area contributed by atoms with Gasteiger partial charge in [0, 0.05) is 5.56 Å². The number of rotatable bonds is 3. The maximum absolute atomic E-state index is 13.0. The third-order valence-electron chi connectivity index (χ3n) is 4.05. The molecule has 0 aliphatic heterocycles. The Morgan fingerprint density at radius 1 is 0.889 bits per heavy atom. The molecule has 4 nitrogen and oxygen atoms in total. The van der Waals surface area contributed by atoms with Crippen molar-refractivity contribution in [3.63, 3.8) is 0 Å². The number of benzene rings is 3. The Kier molecular flexibility index (Phi) is 4.75. The summed E-state index contributed by atoms with van der Waals surface area (Å²) in [5.74, 6) is 0.468.